The molecule has 0 aliphatic heterocycles. The van der Waals surface area contributed by atoms with Gasteiger partial charge in [-0.05, 0) is 41.5 Å². The average Bonchev–Trinajstić information content (AvgIpc) is 2.45. The van der Waals surface area contributed by atoms with E-state index in [0.29, 0.717) is 24.7 Å². The zero-order valence-corrected chi connectivity index (χ0v) is 13.9. The lowest BCUT2D eigenvalue weighted by Gasteiger charge is -2.24. The maximum Gasteiger partial charge on any atom is 0.244 e. The van der Waals surface area contributed by atoms with Gasteiger partial charge in [-0.15, -0.1) is 0 Å². The number of nitrogens with one attached hydrogen (secondary N) is 2. The summed E-state index contributed by atoms with van der Waals surface area (Å²) in [6.45, 7) is 13.9. The average molecular weight is 293 g/mol. The Labute approximate surface area is 127 Å². The van der Waals surface area contributed by atoms with Gasteiger partial charge in [0.25, 0.3) is 0 Å². The molecule has 6 heteroatoms. The Balaban J connectivity index is 2.94. The minimum atomic E-state index is -0.313. The largest absolute Gasteiger partial charge is 0.370 e. The summed E-state index contributed by atoms with van der Waals surface area (Å²) in [5, 5.41) is 6.43. The quantitative estimate of drug-likeness (QED) is 0.806. The van der Waals surface area contributed by atoms with Gasteiger partial charge in [-0.3, -0.25) is 4.79 Å². The fraction of sp³-hybridized carbons (Fsp3) is 0.667. The fourth-order valence-electron chi connectivity index (χ4n) is 2.18. The van der Waals surface area contributed by atoms with E-state index in [1.807, 2.05) is 46.4 Å². The van der Waals surface area contributed by atoms with Crippen LogP contribution in [0.4, 0.5) is 11.6 Å². The number of hydrogen-bond acceptors (Lipinski definition) is 5. The molecule has 0 radical (unpaired) electrons. The molecule has 0 spiro atoms. The Morgan fingerprint density at radius 2 is 1.71 bits per heavy atom. The van der Waals surface area contributed by atoms with Crippen molar-refractivity contribution in [2.75, 3.05) is 30.3 Å². The van der Waals surface area contributed by atoms with E-state index in [9.17, 15) is 4.79 Å². The molecule has 0 saturated heterocycles. The summed E-state index contributed by atoms with van der Waals surface area (Å²) in [4.78, 5) is 22.9. The van der Waals surface area contributed by atoms with Crippen molar-refractivity contribution in [3.05, 3.63) is 11.4 Å². The first kappa shape index (κ1) is 17.2. The summed E-state index contributed by atoms with van der Waals surface area (Å²) in [7, 11) is 0. The second kappa shape index (κ2) is 7.81. The number of anilines is 2. The first-order valence-electron chi connectivity index (χ1n) is 7.58. The Kier molecular flexibility index (Phi) is 6.39. The Hall–Kier alpha value is -1.85. The third-order valence-electron chi connectivity index (χ3n) is 3.40. The number of aromatic nitrogens is 2. The van der Waals surface area contributed by atoms with Gasteiger partial charge in [0, 0.05) is 25.2 Å². The van der Waals surface area contributed by atoms with E-state index < -0.39 is 0 Å². The van der Waals surface area contributed by atoms with Crippen LogP contribution < -0.4 is 10.6 Å². The minimum absolute atomic E-state index is 0.0840. The molecule has 0 bridgehead atoms. The van der Waals surface area contributed by atoms with Gasteiger partial charge in [0.2, 0.25) is 5.91 Å². The second-order valence-electron chi connectivity index (χ2n) is 5.00. The van der Waals surface area contributed by atoms with Gasteiger partial charge < -0.3 is 15.5 Å². The second-order valence-corrected chi connectivity index (χ2v) is 5.00. The van der Waals surface area contributed by atoms with Crippen molar-refractivity contribution in [2.45, 2.75) is 47.6 Å². The van der Waals surface area contributed by atoms with Crippen LogP contribution in [0.5, 0.6) is 0 Å². The van der Waals surface area contributed by atoms with Crippen LogP contribution in [-0.4, -0.2) is 46.5 Å². The molecule has 1 atom stereocenters. The van der Waals surface area contributed by atoms with Crippen LogP contribution in [0.3, 0.4) is 0 Å². The van der Waals surface area contributed by atoms with Crippen LogP contribution in [0, 0.1) is 13.8 Å². The van der Waals surface area contributed by atoms with Crippen molar-refractivity contribution in [1.82, 2.24) is 14.9 Å². The van der Waals surface area contributed by atoms with Crippen molar-refractivity contribution in [3.63, 3.8) is 0 Å². The highest BCUT2D eigenvalue weighted by molar-refractivity contribution is 5.84. The summed E-state index contributed by atoms with van der Waals surface area (Å²) in [5.74, 6) is 2.30. The van der Waals surface area contributed by atoms with Crippen LogP contribution in [0.25, 0.3) is 0 Å². The summed E-state index contributed by atoms with van der Waals surface area (Å²) in [6.07, 6.45) is 0. The van der Waals surface area contributed by atoms with Crippen molar-refractivity contribution in [1.29, 1.82) is 0 Å². The van der Waals surface area contributed by atoms with Gasteiger partial charge >= 0.3 is 0 Å². The Morgan fingerprint density at radius 1 is 1.14 bits per heavy atom. The molecule has 0 fully saturated rings. The molecule has 0 saturated carbocycles. The fourth-order valence-corrected chi connectivity index (χ4v) is 2.18. The molecule has 0 aromatic carbocycles. The number of rotatable bonds is 7. The Morgan fingerprint density at radius 3 is 2.24 bits per heavy atom. The molecule has 21 heavy (non-hydrogen) atoms. The molecule has 0 aliphatic carbocycles. The third-order valence-corrected chi connectivity index (χ3v) is 3.40. The SMILES string of the molecule is CCNc1nc(C)nc(NC(C)C(=O)N(CC)CC)c1C. The topological polar surface area (TPSA) is 70.1 Å². The van der Waals surface area contributed by atoms with Gasteiger partial charge in [0.05, 0.1) is 0 Å². The third kappa shape index (κ3) is 4.31. The van der Waals surface area contributed by atoms with Crippen LogP contribution >= 0.6 is 0 Å². The van der Waals surface area contributed by atoms with Crippen molar-refractivity contribution in [3.8, 4) is 0 Å². The smallest absolute Gasteiger partial charge is 0.244 e. The summed E-state index contributed by atoms with van der Waals surface area (Å²) in [6, 6.07) is -0.313. The lowest BCUT2D eigenvalue weighted by molar-refractivity contribution is -0.131. The molecule has 1 aromatic rings. The summed E-state index contributed by atoms with van der Waals surface area (Å²) in [5.41, 5.74) is 0.932. The van der Waals surface area contributed by atoms with Crippen LogP contribution in [0.15, 0.2) is 0 Å². The molecule has 1 amide bonds. The predicted octanol–water partition coefficient (Wildman–Crippen LogP) is 2.19. The van der Waals surface area contributed by atoms with Gasteiger partial charge in [-0.25, -0.2) is 9.97 Å². The number of carbonyl (C=O) groups is 1. The molecule has 1 heterocycles. The first-order chi connectivity index (χ1) is 9.94. The van der Waals surface area contributed by atoms with E-state index in [1.54, 1.807) is 0 Å². The van der Waals surface area contributed by atoms with E-state index in [0.717, 1.165) is 17.9 Å². The van der Waals surface area contributed by atoms with Crippen LogP contribution in [-0.2, 0) is 4.79 Å². The maximum atomic E-state index is 12.3. The number of hydrogen-bond donors (Lipinski definition) is 2. The van der Waals surface area contributed by atoms with Crippen molar-refractivity contribution < 1.29 is 4.79 Å². The normalized spacial score (nSPS) is 11.9. The molecule has 1 aromatic heterocycles. The molecule has 0 aliphatic rings. The van der Waals surface area contributed by atoms with E-state index in [4.69, 9.17) is 0 Å². The van der Waals surface area contributed by atoms with Gasteiger partial charge in [0.1, 0.15) is 23.5 Å². The van der Waals surface area contributed by atoms with Gasteiger partial charge in [-0.2, -0.15) is 0 Å². The highest BCUT2D eigenvalue weighted by Gasteiger charge is 2.20. The van der Waals surface area contributed by atoms with Gasteiger partial charge in [0.15, 0.2) is 0 Å². The highest BCUT2D eigenvalue weighted by atomic mass is 16.2. The molecule has 2 N–H and O–H groups in total. The number of aryl methyl sites for hydroxylation is 1. The molecule has 1 unspecified atom stereocenters. The number of likely N-dealkylation sites (N-methyl/N-ethyl adjacent to an activating group) is 1. The van der Waals surface area contributed by atoms with E-state index in [1.165, 1.54) is 0 Å². The number of nitrogens with zero attached hydrogens (tertiary/aromatic N) is 3. The maximum absolute atomic E-state index is 12.3. The van der Waals surface area contributed by atoms with E-state index >= 15 is 0 Å². The predicted molar refractivity (Wildman–Crippen MR) is 86.7 cm³/mol. The minimum Gasteiger partial charge on any atom is -0.370 e. The summed E-state index contributed by atoms with van der Waals surface area (Å²) < 4.78 is 0. The van der Waals surface area contributed by atoms with Crippen molar-refractivity contribution >= 4 is 17.5 Å². The van der Waals surface area contributed by atoms with Crippen LogP contribution in [0.2, 0.25) is 0 Å². The lowest BCUT2D eigenvalue weighted by atomic mass is 10.2. The number of carbonyl (C=O) groups excluding carboxylic acids is 1. The molecular weight excluding hydrogens is 266 g/mol. The van der Waals surface area contributed by atoms with E-state index in [-0.39, 0.29) is 11.9 Å². The molecule has 6 nitrogen and oxygen atoms in total. The molecule has 118 valence electrons. The number of amides is 1. The van der Waals surface area contributed by atoms with Crippen LogP contribution in [0.1, 0.15) is 39.1 Å². The van der Waals surface area contributed by atoms with Gasteiger partial charge in [-0.1, -0.05) is 0 Å². The zero-order chi connectivity index (χ0) is 16.0. The van der Waals surface area contributed by atoms with Crippen molar-refractivity contribution in [2.24, 2.45) is 0 Å². The lowest BCUT2D eigenvalue weighted by Crippen LogP contribution is -2.41. The summed E-state index contributed by atoms with van der Waals surface area (Å²) >= 11 is 0. The standard InChI is InChI=1S/C15H27N5O/c1-7-16-13-10(4)14(19-12(6)18-13)17-11(5)15(21)20(8-2)9-3/h11H,7-9H2,1-6H3,(H2,16,17,18,19). The zero-order valence-electron chi connectivity index (χ0n) is 13.9. The molecule has 1 rings (SSSR count). The first-order valence-corrected chi connectivity index (χ1v) is 7.58. The van der Waals surface area contributed by atoms with E-state index in [2.05, 4.69) is 20.6 Å². The Bertz CT molecular complexity index is 485. The molecular formula is C15H27N5O. The highest BCUT2D eigenvalue weighted by Crippen LogP contribution is 2.20. The monoisotopic (exact) mass is 293 g/mol.